The van der Waals surface area contributed by atoms with Crippen molar-refractivity contribution < 1.29 is 0 Å². The Balaban J connectivity index is 1.02. The first kappa shape index (κ1) is 50.9. The molecule has 5 rings (SSSR count). The van der Waals surface area contributed by atoms with Crippen molar-refractivity contribution in [1.82, 2.24) is 8.75 Å². The Morgan fingerprint density at radius 1 is 0.484 bits per heavy atom. The number of thiol groups is 1. The third kappa shape index (κ3) is 17.3. The lowest BCUT2D eigenvalue weighted by molar-refractivity contribution is 0.529. The second-order valence-corrected chi connectivity index (χ2v) is 21.0. The van der Waals surface area contributed by atoms with Gasteiger partial charge in [0.1, 0.15) is 16.7 Å². The number of nitrogens with zero attached hydrogens (tertiary/aromatic N) is 3. The number of thiophene rings is 2. The van der Waals surface area contributed by atoms with E-state index in [9.17, 15) is 5.41 Å². The molecule has 0 radical (unpaired) electrons. The van der Waals surface area contributed by atoms with E-state index in [1.165, 1.54) is 233 Å². The highest BCUT2D eigenvalue weighted by Gasteiger charge is 2.29. The molecule has 0 aliphatic heterocycles. The zero-order valence-electron chi connectivity index (χ0n) is 39.0. The fourth-order valence-corrected chi connectivity index (χ4v) is 12.0. The van der Waals surface area contributed by atoms with Crippen molar-refractivity contribution in [2.45, 2.75) is 232 Å². The first-order chi connectivity index (χ1) is 30.6. The van der Waals surface area contributed by atoms with E-state index in [2.05, 4.69) is 66.1 Å². The molecule has 62 heavy (non-hydrogen) atoms. The Morgan fingerprint density at radius 3 is 1.31 bits per heavy atom. The summed E-state index contributed by atoms with van der Waals surface area (Å²) in [6, 6.07) is 6.85. The minimum Gasteiger partial charge on any atom is -0.298 e. The summed E-state index contributed by atoms with van der Waals surface area (Å²) in [5.41, 5.74) is 9.64. The maximum atomic E-state index is 9.30. The van der Waals surface area contributed by atoms with Crippen LogP contribution in [0.3, 0.4) is 0 Å². The summed E-state index contributed by atoms with van der Waals surface area (Å²) in [6.45, 7) is 4.60. The van der Waals surface area contributed by atoms with Gasteiger partial charge >= 0.3 is 0 Å². The number of nitrogens with one attached hydrogen (secondary N) is 1. The molecule has 1 aliphatic rings. The summed E-state index contributed by atoms with van der Waals surface area (Å²) >= 11 is 9.25. The van der Waals surface area contributed by atoms with Crippen molar-refractivity contribution in [3.05, 3.63) is 56.1 Å². The average molecular weight is 916 g/mol. The largest absolute Gasteiger partial charge is 0.298 e. The number of hydrogen-bond donors (Lipinski definition) is 2. The van der Waals surface area contributed by atoms with Crippen LogP contribution in [-0.4, -0.2) is 20.2 Å². The molecule has 3 heterocycles. The van der Waals surface area contributed by atoms with Crippen LogP contribution in [0.4, 0.5) is 0 Å². The van der Waals surface area contributed by atoms with E-state index in [4.69, 9.17) is 8.75 Å². The van der Waals surface area contributed by atoms with Crippen LogP contribution in [0.25, 0.3) is 33.1 Å². The summed E-state index contributed by atoms with van der Waals surface area (Å²) in [6.07, 6.45) is 49.1. The fourth-order valence-electron chi connectivity index (χ4n) is 9.32. The van der Waals surface area contributed by atoms with Crippen molar-refractivity contribution in [1.29, 1.82) is 5.41 Å². The number of aromatic nitrogens is 2. The maximum absolute atomic E-state index is 9.30. The molecule has 342 valence electrons. The summed E-state index contributed by atoms with van der Waals surface area (Å²) in [7, 11) is 0. The SMILES string of the molecule is CCCCCCCCCCCCCCCCCCc1csc(C2=Cc3c(cc(-c4cc(CCCCCCCCCCCCCCCCCC)cs4)c4nsnc34)/C(=N/S)C2=N)c1. The van der Waals surface area contributed by atoms with Gasteiger partial charge in [-0.1, -0.05) is 206 Å². The number of benzene rings is 1. The Morgan fingerprint density at radius 2 is 0.871 bits per heavy atom. The molecular formula is C54H82N4S4. The summed E-state index contributed by atoms with van der Waals surface area (Å²) < 4.78 is 14.1. The third-order valence-corrected chi connectivity index (χ3v) is 16.0. The van der Waals surface area contributed by atoms with Crippen LogP contribution in [0.15, 0.2) is 33.4 Å². The van der Waals surface area contributed by atoms with Gasteiger partial charge in [-0.15, -0.1) is 22.7 Å². The summed E-state index contributed by atoms with van der Waals surface area (Å²) in [5.74, 6) is 0. The third-order valence-electron chi connectivity index (χ3n) is 13.2. The normalized spacial score (nSPS) is 13.5. The Bertz CT molecular complexity index is 1900. The molecule has 0 saturated heterocycles. The molecular weight excluding hydrogens is 833 g/mol. The van der Waals surface area contributed by atoms with Gasteiger partial charge in [-0.3, -0.25) is 5.41 Å². The molecule has 0 unspecified atom stereocenters. The molecule has 0 amide bonds. The van der Waals surface area contributed by atoms with Gasteiger partial charge in [-0.05, 0) is 84.7 Å². The predicted octanol–water partition coefficient (Wildman–Crippen LogP) is 19.3. The van der Waals surface area contributed by atoms with Crippen LogP contribution in [0.5, 0.6) is 0 Å². The van der Waals surface area contributed by atoms with E-state index in [0.29, 0.717) is 11.4 Å². The number of aryl methyl sites for hydroxylation is 2. The molecule has 0 spiro atoms. The lowest BCUT2D eigenvalue weighted by Crippen LogP contribution is -2.20. The Hall–Kier alpha value is -2.13. The van der Waals surface area contributed by atoms with Gasteiger partial charge in [0.05, 0.1) is 17.4 Å². The van der Waals surface area contributed by atoms with Gasteiger partial charge in [0.25, 0.3) is 0 Å². The molecule has 4 aromatic rings. The molecule has 0 bridgehead atoms. The molecule has 1 aromatic carbocycles. The number of allylic oxidation sites excluding steroid dienone is 1. The lowest BCUT2D eigenvalue weighted by Gasteiger charge is -2.20. The van der Waals surface area contributed by atoms with Gasteiger partial charge in [-0.25, -0.2) is 4.40 Å². The van der Waals surface area contributed by atoms with E-state index < -0.39 is 0 Å². The van der Waals surface area contributed by atoms with Crippen LogP contribution in [0.2, 0.25) is 0 Å². The van der Waals surface area contributed by atoms with E-state index in [0.717, 1.165) is 51.0 Å². The Labute approximate surface area is 396 Å². The molecule has 0 atom stereocenters. The molecule has 0 saturated carbocycles. The minimum absolute atomic E-state index is 0.437. The van der Waals surface area contributed by atoms with Crippen molar-refractivity contribution in [3.8, 4) is 10.4 Å². The maximum Gasteiger partial charge on any atom is 0.114 e. The first-order valence-electron chi connectivity index (χ1n) is 25.6. The summed E-state index contributed by atoms with van der Waals surface area (Å²) in [5, 5.41) is 13.9. The molecule has 8 heteroatoms. The number of unbranched alkanes of at least 4 members (excludes halogenated alkanes) is 30. The number of fused-ring (bicyclic) bond motifs is 3. The van der Waals surface area contributed by atoms with E-state index >= 15 is 0 Å². The quantitative estimate of drug-likeness (QED) is 0.0353. The zero-order chi connectivity index (χ0) is 43.5. The summed E-state index contributed by atoms with van der Waals surface area (Å²) in [4.78, 5) is 2.34. The van der Waals surface area contributed by atoms with Crippen LogP contribution in [0, 0.1) is 5.41 Å². The number of rotatable bonds is 36. The molecule has 4 nitrogen and oxygen atoms in total. The van der Waals surface area contributed by atoms with E-state index in [1.54, 1.807) is 22.7 Å². The van der Waals surface area contributed by atoms with Gasteiger partial charge in [0.15, 0.2) is 0 Å². The second kappa shape index (κ2) is 30.9. The predicted molar refractivity (Wildman–Crippen MR) is 283 cm³/mol. The van der Waals surface area contributed by atoms with Crippen LogP contribution in [-0.2, 0) is 12.8 Å². The van der Waals surface area contributed by atoms with E-state index in [-0.39, 0.29) is 0 Å². The first-order valence-corrected chi connectivity index (χ1v) is 28.5. The fraction of sp³-hybridized carbons (Fsp3) is 0.667. The van der Waals surface area contributed by atoms with Crippen LogP contribution >= 0.6 is 47.2 Å². The molecule has 1 aliphatic carbocycles. The monoisotopic (exact) mass is 915 g/mol. The second-order valence-electron chi connectivity index (χ2n) is 18.5. The lowest BCUT2D eigenvalue weighted by atomic mass is 9.85. The standard InChI is InChI=1S/C54H82N4S4/c1-3-5-7-9-11-13-15-17-19-21-23-25-27-29-31-33-35-43-37-49(60-41-43)47-39-46-45(52(56-59)51(47)55)40-48(54-53(46)57-62-58-54)50-38-44(42-61-50)36-34-32-30-28-26-24-22-20-18-16-14-12-10-8-6-4-2/h37-42,55,59H,3-36H2,1-2H3/b55-51?,56-52-. The number of hydrogen-bond acceptors (Lipinski definition) is 8. The smallest absolute Gasteiger partial charge is 0.114 e. The Kier molecular flexibility index (Phi) is 25.4. The highest BCUT2D eigenvalue weighted by atomic mass is 32.1. The van der Waals surface area contributed by atoms with E-state index in [1.807, 2.05) is 0 Å². The highest BCUT2D eigenvalue weighted by molar-refractivity contribution is 7.79. The highest BCUT2D eigenvalue weighted by Crippen LogP contribution is 2.41. The average Bonchev–Trinajstić information content (AvgIpc) is 4.08. The molecule has 3 aromatic heterocycles. The topological polar surface area (TPSA) is 62.0 Å². The van der Waals surface area contributed by atoms with Crippen molar-refractivity contribution in [2.24, 2.45) is 4.40 Å². The minimum atomic E-state index is 0.437. The van der Waals surface area contributed by atoms with Crippen LogP contribution < -0.4 is 0 Å². The van der Waals surface area contributed by atoms with Gasteiger partial charge in [-0.2, -0.15) is 8.75 Å². The van der Waals surface area contributed by atoms with Gasteiger partial charge in [0.2, 0.25) is 0 Å². The van der Waals surface area contributed by atoms with Gasteiger partial charge in [0, 0.05) is 32.0 Å². The zero-order valence-corrected chi connectivity index (χ0v) is 42.4. The van der Waals surface area contributed by atoms with Crippen molar-refractivity contribution in [3.63, 3.8) is 0 Å². The van der Waals surface area contributed by atoms with Crippen LogP contribution in [0.1, 0.15) is 246 Å². The molecule has 1 N–H and O–H groups in total. The molecule has 0 fully saturated rings. The van der Waals surface area contributed by atoms with Crippen molar-refractivity contribution in [2.75, 3.05) is 0 Å². The van der Waals surface area contributed by atoms with Gasteiger partial charge < -0.3 is 0 Å². The van der Waals surface area contributed by atoms with Crippen molar-refractivity contribution >= 4 is 81.3 Å².